The van der Waals surface area contributed by atoms with Crippen molar-refractivity contribution in [1.82, 2.24) is 0 Å². The van der Waals surface area contributed by atoms with Gasteiger partial charge in [0, 0.05) is 17.2 Å². The van der Waals surface area contributed by atoms with Gasteiger partial charge in [-0.05, 0) is 77.1 Å². The number of carbonyl (C=O) groups is 1. The Morgan fingerprint density at radius 3 is 2.65 bits per heavy atom. The van der Waals surface area contributed by atoms with Crippen molar-refractivity contribution in [3.63, 3.8) is 0 Å². The number of benzene rings is 4. The second kappa shape index (κ2) is 8.49. The van der Waals surface area contributed by atoms with E-state index in [1.54, 1.807) is 6.92 Å². The first-order chi connectivity index (χ1) is 16.7. The fourth-order valence-corrected chi connectivity index (χ4v) is 5.49. The number of hydrogen-bond acceptors (Lipinski definition) is 3. The molecule has 4 aromatic carbocycles. The molecule has 2 aliphatic rings. The van der Waals surface area contributed by atoms with Gasteiger partial charge in [-0.25, -0.2) is 0 Å². The molecule has 0 fully saturated rings. The number of nitrogens with one attached hydrogen (secondary N) is 1. The molecule has 168 valence electrons. The van der Waals surface area contributed by atoms with E-state index in [1.807, 2.05) is 6.07 Å². The van der Waals surface area contributed by atoms with Gasteiger partial charge in [-0.2, -0.15) is 0 Å². The molecule has 0 spiro atoms. The van der Waals surface area contributed by atoms with Crippen LogP contribution in [0.15, 0.2) is 97.1 Å². The van der Waals surface area contributed by atoms with Crippen LogP contribution in [-0.4, -0.2) is 5.78 Å². The van der Waals surface area contributed by atoms with E-state index >= 15 is 0 Å². The van der Waals surface area contributed by atoms with Gasteiger partial charge in [0.25, 0.3) is 0 Å². The van der Waals surface area contributed by atoms with Crippen molar-refractivity contribution < 1.29 is 9.53 Å². The lowest BCUT2D eigenvalue weighted by atomic mass is 9.76. The van der Waals surface area contributed by atoms with Gasteiger partial charge in [-0.3, -0.25) is 4.79 Å². The van der Waals surface area contributed by atoms with Crippen LogP contribution in [0.4, 0.5) is 5.69 Å². The number of Topliss-reactive ketones (excluding diaryl/α,β-unsaturated/α-hetero) is 1. The van der Waals surface area contributed by atoms with E-state index in [1.165, 1.54) is 27.5 Å². The van der Waals surface area contributed by atoms with Crippen molar-refractivity contribution >= 4 is 22.2 Å². The molecule has 1 N–H and O–H groups in total. The van der Waals surface area contributed by atoms with Gasteiger partial charge >= 0.3 is 0 Å². The van der Waals surface area contributed by atoms with Crippen LogP contribution >= 0.6 is 0 Å². The Hall–Kier alpha value is -3.85. The second-order valence-electron chi connectivity index (χ2n) is 9.33. The fraction of sp³-hybridized carbons (Fsp3) is 0.194. The SMILES string of the molecule is CC(=O)c1ccc2c(c1)C1C=CCC1C(c1ccc(OCc3cccc4ccccc34)cc1)N2. The molecule has 0 saturated heterocycles. The molecule has 0 radical (unpaired) electrons. The standard InChI is InChI=1S/C31H27NO2/c1-20(33)23-14-17-30-29(18-23)27-10-5-11-28(27)31(32-30)22-12-15-25(16-13-22)34-19-24-8-4-7-21-6-2-3-9-26(21)24/h2-10,12-18,27-28,31-32H,11,19H2,1H3. The van der Waals surface area contributed by atoms with E-state index in [4.69, 9.17) is 4.74 Å². The van der Waals surface area contributed by atoms with E-state index < -0.39 is 0 Å². The normalized spacial score (nSPS) is 20.4. The van der Waals surface area contributed by atoms with Crippen molar-refractivity contribution in [2.45, 2.75) is 31.9 Å². The van der Waals surface area contributed by atoms with Crippen molar-refractivity contribution in [3.8, 4) is 5.75 Å². The first kappa shape index (κ1) is 20.7. The van der Waals surface area contributed by atoms with Gasteiger partial charge in [0.15, 0.2) is 5.78 Å². The Morgan fingerprint density at radius 1 is 0.971 bits per heavy atom. The minimum absolute atomic E-state index is 0.113. The number of ketones is 1. The highest BCUT2D eigenvalue weighted by Gasteiger charge is 2.38. The maximum atomic E-state index is 11.9. The molecular formula is C31H27NO2. The van der Waals surface area contributed by atoms with E-state index in [9.17, 15) is 4.79 Å². The fourth-order valence-electron chi connectivity index (χ4n) is 5.49. The maximum absolute atomic E-state index is 11.9. The zero-order valence-electron chi connectivity index (χ0n) is 19.2. The second-order valence-corrected chi connectivity index (χ2v) is 9.33. The molecular weight excluding hydrogens is 418 g/mol. The lowest BCUT2D eigenvalue weighted by Gasteiger charge is -2.37. The highest BCUT2D eigenvalue weighted by molar-refractivity contribution is 5.95. The van der Waals surface area contributed by atoms with Gasteiger partial charge in [-0.15, -0.1) is 0 Å². The summed E-state index contributed by atoms with van der Waals surface area (Å²) in [5, 5.41) is 6.23. The van der Waals surface area contributed by atoms with Crippen LogP contribution in [0.3, 0.4) is 0 Å². The van der Waals surface area contributed by atoms with Gasteiger partial charge in [0.2, 0.25) is 0 Å². The summed E-state index contributed by atoms with van der Waals surface area (Å²) in [6.07, 6.45) is 5.62. The van der Waals surface area contributed by atoms with E-state index in [2.05, 4.69) is 96.3 Å². The summed E-state index contributed by atoms with van der Waals surface area (Å²) in [6.45, 7) is 2.18. The van der Waals surface area contributed by atoms with Crippen molar-refractivity contribution in [2.24, 2.45) is 5.92 Å². The van der Waals surface area contributed by atoms with E-state index in [0.717, 1.165) is 23.4 Å². The molecule has 34 heavy (non-hydrogen) atoms. The lowest BCUT2D eigenvalue weighted by molar-refractivity contribution is 0.101. The van der Waals surface area contributed by atoms with Crippen molar-refractivity contribution in [2.75, 3.05) is 5.32 Å². The molecule has 0 aromatic heterocycles. The highest BCUT2D eigenvalue weighted by atomic mass is 16.5. The smallest absolute Gasteiger partial charge is 0.159 e. The van der Waals surface area contributed by atoms with E-state index in [0.29, 0.717) is 18.4 Å². The number of anilines is 1. The predicted octanol–water partition coefficient (Wildman–Crippen LogP) is 7.45. The summed E-state index contributed by atoms with van der Waals surface area (Å²) in [5.74, 6) is 1.77. The molecule has 1 aliphatic carbocycles. The zero-order valence-corrected chi connectivity index (χ0v) is 19.2. The Bertz CT molecular complexity index is 1400. The number of rotatable bonds is 5. The van der Waals surface area contributed by atoms with Crippen LogP contribution in [0, 0.1) is 5.92 Å². The summed E-state index contributed by atoms with van der Waals surface area (Å²) < 4.78 is 6.16. The van der Waals surface area contributed by atoms with Crippen LogP contribution in [0.5, 0.6) is 5.75 Å². The topological polar surface area (TPSA) is 38.3 Å². The monoisotopic (exact) mass is 445 g/mol. The molecule has 3 unspecified atom stereocenters. The molecule has 4 aromatic rings. The third kappa shape index (κ3) is 3.67. The summed E-state index contributed by atoms with van der Waals surface area (Å²) in [5.41, 5.74) is 5.60. The summed E-state index contributed by atoms with van der Waals surface area (Å²) in [4.78, 5) is 11.9. The van der Waals surface area contributed by atoms with Gasteiger partial charge in [-0.1, -0.05) is 66.7 Å². The number of fused-ring (bicyclic) bond motifs is 4. The van der Waals surface area contributed by atoms with Crippen LogP contribution in [-0.2, 0) is 6.61 Å². The molecule has 3 heteroatoms. The average molecular weight is 446 g/mol. The largest absolute Gasteiger partial charge is 0.489 e. The number of hydrogen-bond donors (Lipinski definition) is 1. The van der Waals surface area contributed by atoms with Crippen LogP contribution < -0.4 is 10.1 Å². The molecule has 6 rings (SSSR count). The number of carbonyl (C=O) groups excluding carboxylic acids is 1. The van der Waals surface area contributed by atoms with E-state index in [-0.39, 0.29) is 11.8 Å². The first-order valence-electron chi connectivity index (χ1n) is 11.9. The molecule has 1 aliphatic heterocycles. The molecule has 0 amide bonds. The zero-order chi connectivity index (χ0) is 23.1. The van der Waals surface area contributed by atoms with Crippen molar-refractivity contribution in [3.05, 3.63) is 119 Å². The summed E-state index contributed by atoms with van der Waals surface area (Å²) >= 11 is 0. The minimum Gasteiger partial charge on any atom is -0.489 e. The first-order valence-corrected chi connectivity index (χ1v) is 11.9. The van der Waals surface area contributed by atoms with Gasteiger partial charge in [0.1, 0.15) is 12.4 Å². The molecule has 1 heterocycles. The predicted molar refractivity (Wildman–Crippen MR) is 138 cm³/mol. The summed E-state index contributed by atoms with van der Waals surface area (Å²) in [7, 11) is 0. The Kier molecular flexibility index (Phi) is 5.18. The van der Waals surface area contributed by atoms with Crippen LogP contribution in [0.1, 0.15) is 52.4 Å². The average Bonchev–Trinajstić information content (AvgIpc) is 3.37. The number of ether oxygens (including phenoxy) is 1. The van der Waals surface area contributed by atoms with Crippen molar-refractivity contribution in [1.29, 1.82) is 0 Å². The van der Waals surface area contributed by atoms with Gasteiger partial charge in [0.05, 0.1) is 6.04 Å². The minimum atomic E-state index is 0.113. The molecule has 3 nitrogen and oxygen atoms in total. The molecule has 0 saturated carbocycles. The third-order valence-electron chi connectivity index (χ3n) is 7.28. The Morgan fingerprint density at radius 2 is 1.79 bits per heavy atom. The number of allylic oxidation sites excluding steroid dienone is 2. The summed E-state index contributed by atoms with van der Waals surface area (Å²) in [6, 6.07) is 29.6. The maximum Gasteiger partial charge on any atom is 0.159 e. The molecule has 0 bridgehead atoms. The van der Waals surface area contributed by atoms with Gasteiger partial charge < -0.3 is 10.1 Å². The molecule has 3 atom stereocenters. The highest BCUT2D eigenvalue weighted by Crippen LogP contribution is 2.50. The van der Waals surface area contributed by atoms with Crippen LogP contribution in [0.25, 0.3) is 10.8 Å². The quantitative estimate of drug-likeness (QED) is 0.256. The lowest BCUT2D eigenvalue weighted by Crippen LogP contribution is -2.29. The Labute approximate surface area is 200 Å². The third-order valence-corrected chi connectivity index (χ3v) is 7.28. The van der Waals surface area contributed by atoms with Crippen LogP contribution in [0.2, 0.25) is 0 Å². The Balaban J connectivity index is 1.22.